The molecule has 0 aliphatic heterocycles. The summed E-state index contributed by atoms with van der Waals surface area (Å²) < 4.78 is 25.5. The van der Waals surface area contributed by atoms with Crippen molar-refractivity contribution in [2.75, 3.05) is 11.6 Å². The minimum absolute atomic E-state index is 0.000693. The molecule has 0 aliphatic carbocycles. The van der Waals surface area contributed by atoms with Gasteiger partial charge in [0.15, 0.2) is 5.65 Å². The SMILES string of the molecule is CC(C)n1ncc2c(NCc3ccc([N+](=O)[O-])cc3)nc(S(C)(=O)=O)nc21. The molecule has 0 radical (unpaired) electrons. The summed E-state index contributed by atoms with van der Waals surface area (Å²) in [5.74, 6) is 0.339. The molecule has 0 bridgehead atoms. The predicted molar refractivity (Wildman–Crippen MR) is 99.2 cm³/mol. The number of non-ortho nitro benzene ring substituents is 1. The Morgan fingerprint density at radius 3 is 2.44 bits per heavy atom. The van der Waals surface area contributed by atoms with Crippen LogP contribution < -0.4 is 5.32 Å². The Morgan fingerprint density at radius 1 is 1.22 bits per heavy atom. The Hall–Kier alpha value is -3.08. The maximum atomic E-state index is 12.0. The van der Waals surface area contributed by atoms with E-state index in [9.17, 15) is 18.5 Å². The van der Waals surface area contributed by atoms with Crippen molar-refractivity contribution in [1.82, 2.24) is 19.7 Å². The second-order valence-corrected chi connectivity index (χ2v) is 8.23. The Morgan fingerprint density at radius 2 is 1.89 bits per heavy atom. The fourth-order valence-corrected chi connectivity index (χ4v) is 3.01. The number of rotatable bonds is 6. The summed E-state index contributed by atoms with van der Waals surface area (Å²) in [6.07, 6.45) is 2.63. The molecule has 0 saturated carbocycles. The number of nitrogens with zero attached hydrogens (tertiary/aromatic N) is 5. The Kier molecular flexibility index (Phi) is 4.79. The highest BCUT2D eigenvalue weighted by Crippen LogP contribution is 2.24. The molecule has 10 nitrogen and oxygen atoms in total. The lowest BCUT2D eigenvalue weighted by atomic mass is 10.2. The lowest BCUT2D eigenvalue weighted by Gasteiger charge is -2.10. The number of hydrogen-bond acceptors (Lipinski definition) is 8. The Bertz CT molecular complexity index is 1110. The molecule has 0 unspecified atom stereocenters. The van der Waals surface area contributed by atoms with Crippen molar-refractivity contribution in [2.24, 2.45) is 0 Å². The average Bonchev–Trinajstić information content (AvgIpc) is 3.03. The zero-order chi connectivity index (χ0) is 19.8. The van der Waals surface area contributed by atoms with Crippen LogP contribution in [0.15, 0.2) is 35.6 Å². The van der Waals surface area contributed by atoms with Crippen molar-refractivity contribution >= 4 is 32.4 Å². The molecule has 1 aromatic carbocycles. The predicted octanol–water partition coefficient (Wildman–Crippen LogP) is 2.33. The van der Waals surface area contributed by atoms with Gasteiger partial charge in [0.2, 0.25) is 9.84 Å². The van der Waals surface area contributed by atoms with Gasteiger partial charge >= 0.3 is 0 Å². The lowest BCUT2D eigenvalue weighted by Crippen LogP contribution is -2.11. The van der Waals surface area contributed by atoms with Crippen LogP contribution in [0.4, 0.5) is 11.5 Å². The Labute approximate surface area is 155 Å². The third-order valence-corrected chi connectivity index (χ3v) is 4.71. The number of anilines is 1. The van der Waals surface area contributed by atoms with E-state index >= 15 is 0 Å². The number of nitrogens with one attached hydrogen (secondary N) is 1. The molecule has 3 rings (SSSR count). The molecule has 27 heavy (non-hydrogen) atoms. The van der Waals surface area contributed by atoms with Gasteiger partial charge in [0.1, 0.15) is 5.82 Å². The summed E-state index contributed by atoms with van der Waals surface area (Å²) in [6.45, 7) is 4.14. The van der Waals surface area contributed by atoms with E-state index in [0.717, 1.165) is 11.8 Å². The van der Waals surface area contributed by atoms with Gasteiger partial charge in [-0.15, -0.1) is 0 Å². The Balaban J connectivity index is 1.98. The van der Waals surface area contributed by atoms with E-state index < -0.39 is 14.8 Å². The summed E-state index contributed by atoms with van der Waals surface area (Å²) >= 11 is 0. The lowest BCUT2D eigenvalue weighted by molar-refractivity contribution is -0.384. The minimum atomic E-state index is -3.61. The van der Waals surface area contributed by atoms with Crippen LogP contribution in [0.5, 0.6) is 0 Å². The second-order valence-electron chi connectivity index (χ2n) is 6.32. The summed E-state index contributed by atoms with van der Waals surface area (Å²) in [5.41, 5.74) is 1.21. The van der Waals surface area contributed by atoms with Crippen LogP contribution in [-0.2, 0) is 16.4 Å². The van der Waals surface area contributed by atoms with E-state index in [1.54, 1.807) is 23.0 Å². The molecule has 2 aromatic heterocycles. The highest BCUT2D eigenvalue weighted by molar-refractivity contribution is 7.90. The first-order chi connectivity index (χ1) is 12.7. The molecule has 0 amide bonds. The molecule has 11 heteroatoms. The number of benzene rings is 1. The van der Waals surface area contributed by atoms with Crippen molar-refractivity contribution in [3.8, 4) is 0 Å². The van der Waals surface area contributed by atoms with Gasteiger partial charge in [-0.3, -0.25) is 10.1 Å². The summed E-state index contributed by atoms with van der Waals surface area (Å²) in [6, 6.07) is 6.06. The quantitative estimate of drug-likeness (QED) is 0.385. The molecular weight excluding hydrogens is 372 g/mol. The highest BCUT2D eigenvalue weighted by atomic mass is 32.2. The van der Waals surface area contributed by atoms with Gasteiger partial charge in [0, 0.05) is 31.0 Å². The third kappa shape index (κ3) is 3.87. The molecular formula is C16H18N6O4S. The van der Waals surface area contributed by atoms with Crippen LogP contribution in [0, 0.1) is 10.1 Å². The molecule has 0 atom stereocenters. The summed E-state index contributed by atoms with van der Waals surface area (Å²) in [7, 11) is -3.61. The molecule has 0 saturated heterocycles. The van der Waals surface area contributed by atoms with Crippen LogP contribution in [-0.4, -0.2) is 39.3 Å². The molecule has 142 valence electrons. The largest absolute Gasteiger partial charge is 0.365 e. The number of nitro benzene ring substituents is 1. The molecule has 2 heterocycles. The summed E-state index contributed by atoms with van der Waals surface area (Å²) in [5, 5.41) is 18.4. The zero-order valence-corrected chi connectivity index (χ0v) is 15.8. The van der Waals surface area contributed by atoms with Crippen molar-refractivity contribution in [1.29, 1.82) is 0 Å². The fourth-order valence-electron chi connectivity index (χ4n) is 2.51. The third-order valence-electron chi connectivity index (χ3n) is 3.86. The number of aromatic nitrogens is 4. The van der Waals surface area contributed by atoms with Gasteiger partial charge in [-0.1, -0.05) is 12.1 Å². The average molecular weight is 390 g/mol. The maximum absolute atomic E-state index is 12.0. The first-order valence-electron chi connectivity index (χ1n) is 8.09. The van der Waals surface area contributed by atoms with Gasteiger partial charge in [-0.25, -0.2) is 18.1 Å². The van der Waals surface area contributed by atoms with Gasteiger partial charge in [0.25, 0.3) is 10.8 Å². The number of hydrogen-bond donors (Lipinski definition) is 1. The zero-order valence-electron chi connectivity index (χ0n) is 14.9. The van der Waals surface area contributed by atoms with Crippen molar-refractivity contribution < 1.29 is 13.3 Å². The molecule has 0 aliphatic rings. The van der Waals surface area contributed by atoms with Crippen LogP contribution in [0.3, 0.4) is 0 Å². The first kappa shape index (κ1) is 18.7. The van der Waals surface area contributed by atoms with Crippen molar-refractivity contribution in [3.63, 3.8) is 0 Å². The van der Waals surface area contributed by atoms with Crippen molar-refractivity contribution in [3.05, 3.63) is 46.1 Å². The van der Waals surface area contributed by atoms with Crippen LogP contribution in [0.2, 0.25) is 0 Å². The summed E-state index contributed by atoms with van der Waals surface area (Å²) in [4.78, 5) is 18.6. The van der Waals surface area contributed by atoms with E-state index in [1.807, 2.05) is 13.8 Å². The maximum Gasteiger partial charge on any atom is 0.269 e. The first-order valence-corrected chi connectivity index (χ1v) is 9.98. The smallest absolute Gasteiger partial charge is 0.269 e. The molecule has 0 fully saturated rings. The van der Waals surface area contributed by atoms with Gasteiger partial charge in [-0.05, 0) is 19.4 Å². The standard InChI is InChI=1S/C16H18N6O4S/c1-10(2)21-15-13(9-18-21)14(19-16(20-15)27(3,25)26)17-8-11-4-6-12(7-5-11)22(23)24/h4-7,9-10H,8H2,1-3H3,(H,17,19,20). The van der Waals surface area contributed by atoms with Gasteiger partial charge in [0.05, 0.1) is 16.5 Å². The van der Waals surface area contributed by atoms with Crippen LogP contribution >= 0.6 is 0 Å². The molecule has 0 spiro atoms. The van der Waals surface area contributed by atoms with Gasteiger partial charge < -0.3 is 5.32 Å². The topological polar surface area (TPSA) is 133 Å². The van der Waals surface area contributed by atoms with E-state index in [4.69, 9.17) is 0 Å². The number of nitro groups is 1. The van der Waals surface area contributed by atoms with E-state index in [-0.39, 0.29) is 16.9 Å². The van der Waals surface area contributed by atoms with E-state index in [0.29, 0.717) is 23.4 Å². The van der Waals surface area contributed by atoms with Crippen LogP contribution in [0.25, 0.3) is 11.0 Å². The van der Waals surface area contributed by atoms with Crippen molar-refractivity contribution in [2.45, 2.75) is 31.6 Å². The van der Waals surface area contributed by atoms with E-state index in [2.05, 4.69) is 20.4 Å². The minimum Gasteiger partial charge on any atom is -0.365 e. The van der Waals surface area contributed by atoms with Crippen LogP contribution in [0.1, 0.15) is 25.5 Å². The highest BCUT2D eigenvalue weighted by Gasteiger charge is 2.19. The normalized spacial score (nSPS) is 11.9. The molecule has 3 aromatic rings. The monoisotopic (exact) mass is 390 g/mol. The van der Waals surface area contributed by atoms with E-state index in [1.165, 1.54) is 12.1 Å². The fraction of sp³-hybridized carbons (Fsp3) is 0.312. The number of fused-ring (bicyclic) bond motifs is 1. The molecule has 1 N–H and O–H groups in total. The number of sulfone groups is 1. The second kappa shape index (κ2) is 6.91. The van der Waals surface area contributed by atoms with Gasteiger partial charge in [-0.2, -0.15) is 10.1 Å².